The third-order valence-electron chi connectivity index (χ3n) is 2.09. The topological polar surface area (TPSA) is 79.5 Å². The van der Waals surface area contributed by atoms with E-state index in [1.807, 2.05) is 0 Å². The van der Waals surface area contributed by atoms with Crippen LogP contribution < -0.4 is 5.32 Å². The third kappa shape index (κ3) is 2.99. The molecule has 18 heavy (non-hydrogen) atoms. The number of carbonyl (C=O) groups excluding carboxylic acids is 1. The van der Waals surface area contributed by atoms with Gasteiger partial charge >= 0.3 is 5.97 Å². The molecule has 2 aromatic heterocycles. The van der Waals surface area contributed by atoms with Crippen molar-refractivity contribution in [1.82, 2.24) is 5.32 Å². The van der Waals surface area contributed by atoms with Crippen LogP contribution in [0.5, 0.6) is 0 Å². The number of thiophene rings is 1. The molecule has 0 atom stereocenters. The van der Waals surface area contributed by atoms with E-state index in [0.29, 0.717) is 10.6 Å². The van der Waals surface area contributed by atoms with Crippen LogP contribution in [-0.4, -0.2) is 17.0 Å². The van der Waals surface area contributed by atoms with Gasteiger partial charge in [0.15, 0.2) is 0 Å². The highest BCUT2D eigenvalue weighted by Gasteiger charge is 2.11. The van der Waals surface area contributed by atoms with Gasteiger partial charge in [0.1, 0.15) is 5.76 Å². The number of furan rings is 1. The van der Waals surface area contributed by atoms with Crippen LogP contribution in [0.25, 0.3) is 0 Å². The van der Waals surface area contributed by atoms with Gasteiger partial charge in [0.25, 0.3) is 5.91 Å². The van der Waals surface area contributed by atoms with Gasteiger partial charge in [-0.3, -0.25) is 4.79 Å². The van der Waals surface area contributed by atoms with E-state index in [0.717, 1.165) is 3.79 Å². The zero-order valence-corrected chi connectivity index (χ0v) is 11.4. The molecule has 0 saturated heterocycles. The lowest BCUT2D eigenvalue weighted by Crippen LogP contribution is -2.21. The van der Waals surface area contributed by atoms with Gasteiger partial charge in [0.05, 0.1) is 15.2 Å². The summed E-state index contributed by atoms with van der Waals surface area (Å²) in [4.78, 5) is 22.9. The fraction of sp³-hybridized carbons (Fsp3) is 0.0909. The summed E-state index contributed by atoms with van der Waals surface area (Å²) in [5.74, 6) is -1.09. The molecule has 2 rings (SSSR count). The summed E-state index contributed by atoms with van der Waals surface area (Å²) in [6.45, 7) is 0.154. The van der Waals surface area contributed by atoms with Gasteiger partial charge < -0.3 is 14.8 Å². The monoisotopic (exact) mass is 329 g/mol. The maximum Gasteiger partial charge on any atom is 0.371 e. The Hall–Kier alpha value is -1.60. The van der Waals surface area contributed by atoms with Gasteiger partial charge in [-0.2, -0.15) is 0 Å². The number of halogens is 1. The fourth-order valence-corrected chi connectivity index (χ4v) is 2.58. The van der Waals surface area contributed by atoms with Gasteiger partial charge in [-0.25, -0.2) is 4.79 Å². The first-order valence-corrected chi connectivity index (χ1v) is 6.53. The molecule has 0 aliphatic carbocycles. The molecule has 0 saturated carbocycles. The van der Waals surface area contributed by atoms with Crippen LogP contribution in [0, 0.1) is 0 Å². The molecule has 0 aliphatic rings. The van der Waals surface area contributed by atoms with Crippen LogP contribution in [-0.2, 0) is 6.54 Å². The number of nitrogens with one attached hydrogen (secondary N) is 1. The molecule has 0 spiro atoms. The minimum Gasteiger partial charge on any atom is -0.475 e. The van der Waals surface area contributed by atoms with Crippen LogP contribution in [0.2, 0.25) is 0 Å². The highest BCUT2D eigenvalue weighted by Crippen LogP contribution is 2.21. The standard InChI is InChI=1S/C11H8BrNO4S/c12-9-4-3-8(18-9)10(14)13-5-6-1-2-7(17-6)11(15)16/h1-4H,5H2,(H,13,14)(H,15,16). The van der Waals surface area contributed by atoms with Crippen LogP contribution in [0.1, 0.15) is 26.0 Å². The van der Waals surface area contributed by atoms with E-state index in [1.54, 1.807) is 12.1 Å². The quantitative estimate of drug-likeness (QED) is 0.903. The van der Waals surface area contributed by atoms with Crippen molar-refractivity contribution in [2.45, 2.75) is 6.54 Å². The Balaban J connectivity index is 1.95. The summed E-state index contributed by atoms with van der Waals surface area (Å²) >= 11 is 4.59. The van der Waals surface area contributed by atoms with Crippen molar-refractivity contribution in [3.63, 3.8) is 0 Å². The summed E-state index contributed by atoms with van der Waals surface area (Å²) in [6.07, 6.45) is 0. The zero-order valence-electron chi connectivity index (χ0n) is 8.97. The average molecular weight is 330 g/mol. The normalized spacial score (nSPS) is 10.3. The lowest BCUT2D eigenvalue weighted by Gasteiger charge is -2.00. The van der Waals surface area contributed by atoms with E-state index >= 15 is 0 Å². The lowest BCUT2D eigenvalue weighted by atomic mass is 10.4. The van der Waals surface area contributed by atoms with E-state index in [-0.39, 0.29) is 18.2 Å². The molecular formula is C11H8BrNO4S. The molecule has 2 aromatic rings. The van der Waals surface area contributed by atoms with E-state index in [4.69, 9.17) is 9.52 Å². The van der Waals surface area contributed by atoms with Crippen molar-refractivity contribution < 1.29 is 19.1 Å². The van der Waals surface area contributed by atoms with E-state index in [9.17, 15) is 9.59 Å². The SMILES string of the molecule is O=C(O)c1ccc(CNC(=O)c2ccc(Br)s2)o1. The summed E-state index contributed by atoms with van der Waals surface area (Å²) in [5.41, 5.74) is 0. The second-order valence-electron chi connectivity index (χ2n) is 3.36. The van der Waals surface area contributed by atoms with Crippen LogP contribution in [0.15, 0.2) is 32.5 Å². The summed E-state index contributed by atoms with van der Waals surface area (Å²) in [5, 5.41) is 11.3. The lowest BCUT2D eigenvalue weighted by molar-refractivity contribution is 0.0660. The maximum atomic E-state index is 11.7. The van der Waals surface area contributed by atoms with Crippen LogP contribution in [0.4, 0.5) is 0 Å². The van der Waals surface area contributed by atoms with E-state index in [1.165, 1.54) is 23.5 Å². The molecule has 2 N–H and O–H groups in total. The Bertz CT molecular complexity index is 589. The smallest absolute Gasteiger partial charge is 0.371 e. The van der Waals surface area contributed by atoms with Gasteiger partial charge in [0, 0.05) is 0 Å². The van der Waals surface area contributed by atoms with Crippen LogP contribution in [0.3, 0.4) is 0 Å². The van der Waals surface area contributed by atoms with Crippen molar-refractivity contribution >= 4 is 39.1 Å². The molecule has 0 fully saturated rings. The Morgan fingerprint density at radius 1 is 1.33 bits per heavy atom. The number of carboxylic acids is 1. The molecule has 0 aliphatic heterocycles. The molecule has 0 radical (unpaired) electrons. The number of carboxylic acid groups (broad SMARTS) is 1. The van der Waals surface area contributed by atoms with Crippen molar-refractivity contribution in [1.29, 1.82) is 0 Å². The van der Waals surface area contributed by atoms with Crippen molar-refractivity contribution in [2.75, 3.05) is 0 Å². The predicted molar refractivity (Wildman–Crippen MR) is 68.9 cm³/mol. The molecular weight excluding hydrogens is 322 g/mol. The number of amides is 1. The largest absolute Gasteiger partial charge is 0.475 e. The molecule has 1 amide bonds. The van der Waals surface area contributed by atoms with Gasteiger partial charge in [-0.15, -0.1) is 11.3 Å². The fourth-order valence-electron chi connectivity index (χ4n) is 1.28. The maximum absolute atomic E-state index is 11.7. The van der Waals surface area contributed by atoms with Gasteiger partial charge in [-0.1, -0.05) is 0 Å². The molecule has 0 unspecified atom stereocenters. The summed E-state index contributed by atoms with van der Waals surface area (Å²) in [7, 11) is 0. The summed E-state index contributed by atoms with van der Waals surface area (Å²) in [6, 6.07) is 6.36. The number of carbonyl (C=O) groups is 2. The first-order chi connectivity index (χ1) is 8.56. The highest BCUT2D eigenvalue weighted by molar-refractivity contribution is 9.11. The minimum absolute atomic E-state index is 0.141. The average Bonchev–Trinajstić information content (AvgIpc) is 2.94. The minimum atomic E-state index is -1.13. The molecule has 2 heterocycles. The molecule has 0 bridgehead atoms. The van der Waals surface area contributed by atoms with E-state index < -0.39 is 5.97 Å². The third-order valence-corrected chi connectivity index (χ3v) is 3.72. The molecule has 5 nitrogen and oxygen atoms in total. The molecule has 94 valence electrons. The molecule has 7 heteroatoms. The van der Waals surface area contributed by atoms with Gasteiger partial charge in [0.2, 0.25) is 5.76 Å². The van der Waals surface area contributed by atoms with E-state index in [2.05, 4.69) is 21.2 Å². The number of hydrogen-bond donors (Lipinski definition) is 2. The zero-order chi connectivity index (χ0) is 13.1. The van der Waals surface area contributed by atoms with Crippen molar-refractivity contribution in [2.24, 2.45) is 0 Å². The van der Waals surface area contributed by atoms with Crippen molar-refractivity contribution in [3.05, 3.63) is 44.4 Å². The first kappa shape index (κ1) is 12.8. The highest BCUT2D eigenvalue weighted by atomic mass is 79.9. The number of rotatable bonds is 4. The van der Waals surface area contributed by atoms with Crippen LogP contribution >= 0.6 is 27.3 Å². The predicted octanol–water partition coefficient (Wildman–Crippen LogP) is 2.73. The second-order valence-corrected chi connectivity index (χ2v) is 5.82. The second kappa shape index (κ2) is 5.36. The number of hydrogen-bond acceptors (Lipinski definition) is 4. The number of aromatic carboxylic acids is 1. The van der Waals surface area contributed by atoms with Gasteiger partial charge in [-0.05, 0) is 40.2 Å². The molecule has 0 aromatic carbocycles. The van der Waals surface area contributed by atoms with Crippen molar-refractivity contribution in [3.8, 4) is 0 Å². The Labute approximate surface area is 115 Å². The summed E-state index contributed by atoms with van der Waals surface area (Å²) < 4.78 is 5.89. The Kier molecular flexibility index (Phi) is 3.83. The first-order valence-electron chi connectivity index (χ1n) is 4.92. The Morgan fingerprint density at radius 3 is 2.67 bits per heavy atom. The Morgan fingerprint density at radius 2 is 2.11 bits per heavy atom.